The van der Waals surface area contributed by atoms with Crippen LogP contribution in [0.1, 0.15) is 35.3 Å². The van der Waals surface area contributed by atoms with Gasteiger partial charge in [-0.3, -0.25) is 5.41 Å². The maximum absolute atomic E-state index is 10.9. The van der Waals surface area contributed by atoms with E-state index in [-0.39, 0.29) is 11.3 Å². The molecule has 0 spiro atoms. The SMILES string of the molecule is C/C(N)=C(\C)C(=N)c1cc(C(=O)O)ccc1C. The summed E-state index contributed by atoms with van der Waals surface area (Å²) >= 11 is 0. The molecule has 0 amide bonds. The predicted molar refractivity (Wildman–Crippen MR) is 67.5 cm³/mol. The Kier molecular flexibility index (Phi) is 3.68. The summed E-state index contributed by atoms with van der Waals surface area (Å²) in [5, 5.41) is 16.9. The van der Waals surface area contributed by atoms with E-state index in [1.165, 1.54) is 12.1 Å². The fraction of sp³-hybridized carbons (Fsp3) is 0.231. The molecule has 4 heteroatoms. The van der Waals surface area contributed by atoms with Gasteiger partial charge in [0.25, 0.3) is 0 Å². The lowest BCUT2D eigenvalue weighted by Gasteiger charge is -2.10. The number of hydrogen-bond donors (Lipinski definition) is 3. The molecule has 0 aliphatic rings. The van der Waals surface area contributed by atoms with E-state index in [4.69, 9.17) is 16.2 Å². The summed E-state index contributed by atoms with van der Waals surface area (Å²) in [5.74, 6) is -0.995. The van der Waals surface area contributed by atoms with Gasteiger partial charge < -0.3 is 10.8 Å². The van der Waals surface area contributed by atoms with Crippen LogP contribution >= 0.6 is 0 Å². The third kappa shape index (κ3) is 2.72. The Hall–Kier alpha value is -2.10. The van der Waals surface area contributed by atoms with Crippen molar-refractivity contribution >= 4 is 11.7 Å². The largest absolute Gasteiger partial charge is 0.478 e. The molecule has 4 nitrogen and oxygen atoms in total. The number of nitrogens with one attached hydrogen (secondary N) is 1. The van der Waals surface area contributed by atoms with Crippen molar-refractivity contribution in [3.05, 3.63) is 46.2 Å². The van der Waals surface area contributed by atoms with Crippen LogP contribution in [0.3, 0.4) is 0 Å². The lowest BCUT2D eigenvalue weighted by molar-refractivity contribution is 0.0697. The Bertz CT molecular complexity index is 512. The Labute approximate surface area is 100 Å². The van der Waals surface area contributed by atoms with E-state index in [0.29, 0.717) is 16.8 Å². The van der Waals surface area contributed by atoms with Gasteiger partial charge >= 0.3 is 5.97 Å². The van der Waals surface area contributed by atoms with E-state index >= 15 is 0 Å². The van der Waals surface area contributed by atoms with Crippen molar-refractivity contribution in [2.24, 2.45) is 5.73 Å². The summed E-state index contributed by atoms with van der Waals surface area (Å²) in [7, 11) is 0. The Balaban J connectivity index is 3.31. The van der Waals surface area contributed by atoms with Gasteiger partial charge in [-0.2, -0.15) is 0 Å². The van der Waals surface area contributed by atoms with Crippen LogP contribution in [0.4, 0.5) is 0 Å². The summed E-state index contributed by atoms with van der Waals surface area (Å²) in [6, 6.07) is 4.74. The van der Waals surface area contributed by atoms with Crippen LogP contribution in [0.15, 0.2) is 29.5 Å². The highest BCUT2D eigenvalue weighted by Gasteiger charge is 2.12. The Morgan fingerprint density at radius 2 is 1.94 bits per heavy atom. The maximum Gasteiger partial charge on any atom is 0.335 e. The monoisotopic (exact) mass is 232 g/mol. The van der Waals surface area contributed by atoms with E-state index in [9.17, 15) is 4.79 Å². The molecule has 1 aromatic rings. The number of hydrogen-bond acceptors (Lipinski definition) is 3. The molecule has 0 bridgehead atoms. The summed E-state index contributed by atoms with van der Waals surface area (Å²) in [4.78, 5) is 10.9. The van der Waals surface area contributed by atoms with Gasteiger partial charge in [-0.1, -0.05) is 6.07 Å². The minimum absolute atomic E-state index is 0.179. The minimum atomic E-state index is -0.995. The number of aryl methyl sites for hydroxylation is 1. The van der Waals surface area contributed by atoms with E-state index in [2.05, 4.69) is 0 Å². The van der Waals surface area contributed by atoms with Crippen molar-refractivity contribution in [3.63, 3.8) is 0 Å². The van der Waals surface area contributed by atoms with Crippen molar-refractivity contribution in [2.75, 3.05) is 0 Å². The molecule has 1 rings (SSSR count). The van der Waals surface area contributed by atoms with Crippen molar-refractivity contribution < 1.29 is 9.90 Å². The second kappa shape index (κ2) is 4.82. The molecule has 0 atom stereocenters. The van der Waals surface area contributed by atoms with E-state index < -0.39 is 5.97 Å². The Morgan fingerprint density at radius 3 is 2.41 bits per heavy atom. The molecule has 90 valence electrons. The van der Waals surface area contributed by atoms with Crippen molar-refractivity contribution in [1.82, 2.24) is 0 Å². The van der Waals surface area contributed by atoms with Gasteiger partial charge in [0.2, 0.25) is 0 Å². The molecule has 0 saturated carbocycles. The first-order chi connectivity index (χ1) is 7.84. The summed E-state index contributed by atoms with van der Waals surface area (Å²) in [6.45, 7) is 5.32. The van der Waals surface area contributed by atoms with Gasteiger partial charge in [0.05, 0.1) is 11.3 Å². The average Bonchev–Trinajstić information content (AvgIpc) is 2.27. The van der Waals surface area contributed by atoms with Crippen molar-refractivity contribution in [2.45, 2.75) is 20.8 Å². The van der Waals surface area contributed by atoms with Gasteiger partial charge in [0.15, 0.2) is 0 Å². The third-order valence-corrected chi connectivity index (χ3v) is 2.72. The van der Waals surface area contributed by atoms with Gasteiger partial charge in [0, 0.05) is 11.3 Å². The molecule has 0 aliphatic heterocycles. The zero-order valence-electron chi connectivity index (χ0n) is 10.2. The highest BCUT2D eigenvalue weighted by molar-refractivity contribution is 6.12. The standard InChI is InChI=1S/C13H16N2O2/c1-7-4-5-10(13(16)17)6-11(7)12(15)8(2)9(3)14/h4-6,15H,14H2,1-3H3,(H,16,17)/b9-8-,15-12?. The number of aromatic carboxylic acids is 1. The van der Waals surface area contributed by atoms with E-state index in [1.807, 2.05) is 6.92 Å². The molecule has 0 radical (unpaired) electrons. The first-order valence-corrected chi connectivity index (χ1v) is 5.20. The van der Waals surface area contributed by atoms with E-state index in [1.54, 1.807) is 19.9 Å². The second-order valence-corrected chi connectivity index (χ2v) is 4.02. The number of benzene rings is 1. The van der Waals surface area contributed by atoms with Crippen LogP contribution in [-0.4, -0.2) is 16.8 Å². The van der Waals surface area contributed by atoms with Crippen LogP contribution in [0.25, 0.3) is 0 Å². The number of carboxylic acids is 1. The molecule has 0 unspecified atom stereocenters. The normalized spacial score (nSPS) is 11.9. The van der Waals surface area contributed by atoms with Crippen LogP contribution in [0.2, 0.25) is 0 Å². The molecular formula is C13H16N2O2. The number of carbonyl (C=O) groups is 1. The van der Waals surface area contributed by atoms with Gasteiger partial charge in [-0.05, 0) is 44.0 Å². The highest BCUT2D eigenvalue weighted by Crippen LogP contribution is 2.16. The first-order valence-electron chi connectivity index (χ1n) is 5.20. The van der Waals surface area contributed by atoms with Crippen LogP contribution < -0.4 is 5.73 Å². The summed E-state index contributed by atoms with van der Waals surface area (Å²) < 4.78 is 0. The zero-order valence-corrected chi connectivity index (χ0v) is 10.2. The molecule has 17 heavy (non-hydrogen) atoms. The van der Waals surface area contributed by atoms with Crippen molar-refractivity contribution in [1.29, 1.82) is 5.41 Å². The topological polar surface area (TPSA) is 87.2 Å². The molecule has 4 N–H and O–H groups in total. The van der Waals surface area contributed by atoms with Crippen LogP contribution in [0, 0.1) is 12.3 Å². The van der Waals surface area contributed by atoms with Crippen molar-refractivity contribution in [3.8, 4) is 0 Å². The van der Waals surface area contributed by atoms with Gasteiger partial charge in [-0.25, -0.2) is 4.79 Å². The summed E-state index contributed by atoms with van der Waals surface area (Å²) in [5.41, 5.74) is 8.79. The maximum atomic E-state index is 10.9. The first kappa shape index (κ1) is 13.0. The fourth-order valence-electron chi connectivity index (χ4n) is 1.42. The molecule has 0 heterocycles. The number of carboxylic acid groups (broad SMARTS) is 1. The third-order valence-electron chi connectivity index (χ3n) is 2.72. The lowest BCUT2D eigenvalue weighted by atomic mass is 9.96. The molecular weight excluding hydrogens is 216 g/mol. The highest BCUT2D eigenvalue weighted by atomic mass is 16.4. The number of nitrogens with two attached hydrogens (primary N) is 1. The fourth-order valence-corrected chi connectivity index (χ4v) is 1.42. The smallest absolute Gasteiger partial charge is 0.335 e. The molecule has 0 saturated heterocycles. The molecule has 0 fully saturated rings. The van der Waals surface area contributed by atoms with Crippen LogP contribution in [0.5, 0.6) is 0 Å². The van der Waals surface area contributed by atoms with Gasteiger partial charge in [0.1, 0.15) is 0 Å². The minimum Gasteiger partial charge on any atom is -0.478 e. The molecule has 0 aromatic heterocycles. The Morgan fingerprint density at radius 1 is 1.35 bits per heavy atom. The van der Waals surface area contributed by atoms with E-state index in [0.717, 1.165) is 5.56 Å². The lowest BCUT2D eigenvalue weighted by Crippen LogP contribution is -2.10. The second-order valence-electron chi connectivity index (χ2n) is 4.02. The van der Waals surface area contributed by atoms with Crippen LogP contribution in [-0.2, 0) is 0 Å². The average molecular weight is 232 g/mol. The summed E-state index contributed by atoms with van der Waals surface area (Å²) in [6.07, 6.45) is 0. The predicted octanol–water partition coefficient (Wildman–Crippen LogP) is 2.31. The van der Waals surface area contributed by atoms with Gasteiger partial charge in [-0.15, -0.1) is 0 Å². The quantitative estimate of drug-likeness (QED) is 0.699. The molecule has 1 aromatic carbocycles. The zero-order chi connectivity index (χ0) is 13.2. The molecule has 0 aliphatic carbocycles. The number of rotatable bonds is 3. The number of allylic oxidation sites excluding steroid dienone is 2.